The Morgan fingerprint density at radius 3 is 2.21 bits per heavy atom. The molecule has 1 saturated heterocycles. The number of alkyl carbamates (subject to hydrolysis) is 1. The van der Waals surface area contributed by atoms with E-state index in [1.165, 1.54) is 0 Å². The van der Waals surface area contributed by atoms with Crippen LogP contribution in [0.25, 0.3) is 11.1 Å². The van der Waals surface area contributed by atoms with Crippen LogP contribution in [0.15, 0.2) is 48.5 Å². The number of hydrogen-bond acceptors (Lipinski definition) is 5. The molecule has 8 nitrogen and oxygen atoms in total. The number of carbonyl (C=O) groups excluding carboxylic acids is 2. The molecule has 1 heterocycles. The SMILES string of the molecule is CCN(CC1CN(C)C1)C(=O)C(CC(=O)O)NC(=O)OCC1c2ccccc2-c2ccccc21. The Hall–Kier alpha value is -3.39. The van der Waals surface area contributed by atoms with E-state index in [0.717, 1.165) is 35.3 Å². The van der Waals surface area contributed by atoms with Gasteiger partial charge in [0.2, 0.25) is 5.91 Å². The summed E-state index contributed by atoms with van der Waals surface area (Å²) in [5.74, 6) is -1.31. The number of likely N-dealkylation sites (N-methyl/N-ethyl adjacent to an activating group) is 1. The average Bonchev–Trinajstić information content (AvgIpc) is 3.12. The van der Waals surface area contributed by atoms with E-state index in [2.05, 4.69) is 22.3 Å². The van der Waals surface area contributed by atoms with Crippen LogP contribution in [0.1, 0.15) is 30.4 Å². The van der Waals surface area contributed by atoms with Crippen LogP contribution in [0, 0.1) is 5.92 Å². The second kappa shape index (κ2) is 10.3. The largest absolute Gasteiger partial charge is 0.481 e. The van der Waals surface area contributed by atoms with Crippen LogP contribution < -0.4 is 5.32 Å². The molecule has 0 radical (unpaired) electrons. The zero-order valence-electron chi connectivity index (χ0n) is 19.6. The van der Waals surface area contributed by atoms with E-state index < -0.39 is 30.4 Å². The van der Waals surface area contributed by atoms with E-state index in [1.807, 2.05) is 50.4 Å². The Morgan fingerprint density at radius 2 is 1.68 bits per heavy atom. The van der Waals surface area contributed by atoms with Gasteiger partial charge in [-0.2, -0.15) is 0 Å². The monoisotopic (exact) mass is 465 g/mol. The zero-order chi connectivity index (χ0) is 24.2. The fourth-order valence-corrected chi connectivity index (χ4v) is 5.01. The number of likely N-dealkylation sites (tertiary alicyclic amines) is 1. The quantitative estimate of drug-likeness (QED) is 0.591. The number of amides is 2. The first kappa shape index (κ1) is 23.8. The Labute approximate surface area is 199 Å². The lowest BCUT2D eigenvalue weighted by atomic mass is 9.98. The Bertz CT molecular complexity index is 1020. The van der Waals surface area contributed by atoms with Crippen molar-refractivity contribution in [3.05, 3.63) is 59.7 Å². The molecule has 180 valence electrons. The van der Waals surface area contributed by atoms with Gasteiger partial charge < -0.3 is 25.0 Å². The second-order valence-electron chi connectivity index (χ2n) is 9.08. The number of fused-ring (bicyclic) bond motifs is 3. The lowest BCUT2D eigenvalue weighted by Gasteiger charge is -2.39. The summed E-state index contributed by atoms with van der Waals surface area (Å²) in [5.41, 5.74) is 4.40. The van der Waals surface area contributed by atoms with Gasteiger partial charge in [-0.3, -0.25) is 9.59 Å². The zero-order valence-corrected chi connectivity index (χ0v) is 19.6. The predicted molar refractivity (Wildman–Crippen MR) is 127 cm³/mol. The summed E-state index contributed by atoms with van der Waals surface area (Å²) in [6, 6.07) is 14.8. The molecule has 0 bridgehead atoms. The number of benzene rings is 2. The van der Waals surface area contributed by atoms with E-state index in [4.69, 9.17) is 4.74 Å². The van der Waals surface area contributed by atoms with Crippen molar-refractivity contribution in [3.8, 4) is 11.1 Å². The van der Waals surface area contributed by atoms with E-state index in [9.17, 15) is 19.5 Å². The van der Waals surface area contributed by atoms with E-state index in [0.29, 0.717) is 19.0 Å². The summed E-state index contributed by atoms with van der Waals surface area (Å²) in [5, 5.41) is 11.8. The number of nitrogens with zero attached hydrogens (tertiary/aromatic N) is 2. The van der Waals surface area contributed by atoms with Crippen molar-refractivity contribution in [2.75, 3.05) is 39.8 Å². The smallest absolute Gasteiger partial charge is 0.407 e. The summed E-state index contributed by atoms with van der Waals surface area (Å²) in [4.78, 5) is 40.9. The molecule has 2 aromatic rings. The van der Waals surface area contributed by atoms with Gasteiger partial charge in [-0.25, -0.2) is 4.79 Å². The van der Waals surface area contributed by atoms with Gasteiger partial charge in [0.05, 0.1) is 6.42 Å². The summed E-state index contributed by atoms with van der Waals surface area (Å²) in [6.45, 7) is 4.73. The lowest BCUT2D eigenvalue weighted by molar-refractivity contribution is -0.143. The third-order valence-corrected chi connectivity index (χ3v) is 6.62. The molecule has 0 saturated carbocycles. The van der Waals surface area contributed by atoms with Crippen molar-refractivity contribution < 1.29 is 24.2 Å². The van der Waals surface area contributed by atoms with Crippen LogP contribution in [0.5, 0.6) is 0 Å². The highest BCUT2D eigenvalue weighted by molar-refractivity contribution is 5.89. The van der Waals surface area contributed by atoms with Crippen molar-refractivity contribution in [2.24, 2.45) is 5.92 Å². The van der Waals surface area contributed by atoms with Gasteiger partial charge >= 0.3 is 12.1 Å². The molecule has 34 heavy (non-hydrogen) atoms. The molecule has 1 fully saturated rings. The molecular weight excluding hydrogens is 434 g/mol. The number of carboxylic acid groups (broad SMARTS) is 1. The van der Waals surface area contributed by atoms with E-state index in [1.54, 1.807) is 4.90 Å². The molecule has 1 unspecified atom stereocenters. The van der Waals surface area contributed by atoms with E-state index in [-0.39, 0.29) is 12.5 Å². The maximum Gasteiger partial charge on any atom is 0.407 e. The average molecular weight is 466 g/mol. The van der Waals surface area contributed by atoms with Gasteiger partial charge in [-0.15, -0.1) is 0 Å². The number of hydrogen-bond donors (Lipinski definition) is 2. The Morgan fingerprint density at radius 1 is 1.09 bits per heavy atom. The highest BCUT2D eigenvalue weighted by Gasteiger charge is 2.33. The molecule has 0 spiro atoms. The van der Waals surface area contributed by atoms with Crippen LogP contribution in [-0.4, -0.2) is 78.8 Å². The number of rotatable bonds is 9. The molecule has 2 amide bonds. The van der Waals surface area contributed by atoms with Crippen LogP contribution >= 0.6 is 0 Å². The van der Waals surface area contributed by atoms with E-state index >= 15 is 0 Å². The summed E-state index contributed by atoms with van der Waals surface area (Å²) in [6.07, 6.45) is -1.29. The Kier molecular flexibility index (Phi) is 7.17. The van der Waals surface area contributed by atoms with Crippen molar-refractivity contribution >= 4 is 18.0 Å². The number of carboxylic acids is 1. The fraction of sp³-hybridized carbons (Fsp3) is 0.423. The summed E-state index contributed by atoms with van der Waals surface area (Å²) < 4.78 is 5.52. The highest BCUT2D eigenvalue weighted by atomic mass is 16.5. The molecule has 0 aromatic heterocycles. The number of carbonyl (C=O) groups is 3. The molecule has 1 aliphatic heterocycles. The van der Waals surface area contributed by atoms with Gasteiger partial charge in [-0.1, -0.05) is 48.5 Å². The molecule has 2 aliphatic rings. The molecule has 2 aromatic carbocycles. The second-order valence-corrected chi connectivity index (χ2v) is 9.08. The van der Waals surface area contributed by atoms with Gasteiger partial charge in [0.15, 0.2) is 0 Å². The fourth-order valence-electron chi connectivity index (χ4n) is 5.01. The molecule has 1 atom stereocenters. The normalized spacial score (nSPS) is 16.2. The third kappa shape index (κ3) is 5.07. The standard InChI is InChI=1S/C26H31N3O5/c1-3-29(15-17-13-28(2)14-17)25(32)23(12-24(30)31)27-26(33)34-16-22-20-10-6-4-8-18(20)19-9-5-7-11-21(19)22/h4-11,17,22-23H,3,12-16H2,1-2H3,(H,27,33)(H,30,31). The molecule has 1 aliphatic carbocycles. The summed E-state index contributed by atoms with van der Waals surface area (Å²) in [7, 11) is 2.01. The topological polar surface area (TPSA) is 99.2 Å². The van der Waals surface area contributed by atoms with Gasteiger partial charge in [0.25, 0.3) is 0 Å². The van der Waals surface area contributed by atoms with Crippen LogP contribution in [0.4, 0.5) is 4.79 Å². The first-order valence-corrected chi connectivity index (χ1v) is 11.7. The minimum absolute atomic E-state index is 0.0970. The van der Waals surface area contributed by atoms with Crippen LogP contribution in [-0.2, 0) is 14.3 Å². The maximum absolute atomic E-state index is 13.1. The first-order valence-electron chi connectivity index (χ1n) is 11.7. The highest BCUT2D eigenvalue weighted by Crippen LogP contribution is 2.44. The molecule has 2 N–H and O–H groups in total. The number of aliphatic carboxylic acids is 1. The van der Waals surface area contributed by atoms with Crippen molar-refractivity contribution in [1.29, 1.82) is 0 Å². The minimum Gasteiger partial charge on any atom is -0.481 e. The molecule has 4 rings (SSSR count). The van der Waals surface area contributed by atoms with Gasteiger partial charge in [-0.05, 0) is 36.2 Å². The molecular formula is C26H31N3O5. The van der Waals surface area contributed by atoms with Crippen molar-refractivity contribution in [3.63, 3.8) is 0 Å². The summed E-state index contributed by atoms with van der Waals surface area (Å²) >= 11 is 0. The lowest BCUT2D eigenvalue weighted by Crippen LogP contribution is -2.54. The third-order valence-electron chi connectivity index (χ3n) is 6.62. The molecule has 8 heteroatoms. The van der Waals surface area contributed by atoms with Crippen molar-refractivity contribution in [1.82, 2.24) is 15.1 Å². The maximum atomic E-state index is 13.1. The predicted octanol–water partition coefficient (Wildman–Crippen LogP) is 2.78. The first-order chi connectivity index (χ1) is 16.4. The van der Waals surface area contributed by atoms with Gasteiger partial charge in [0, 0.05) is 38.0 Å². The van der Waals surface area contributed by atoms with Crippen LogP contribution in [0.3, 0.4) is 0 Å². The Balaban J connectivity index is 1.40. The number of nitrogens with one attached hydrogen (secondary N) is 1. The minimum atomic E-state index is -1.18. The van der Waals surface area contributed by atoms with Crippen molar-refractivity contribution in [2.45, 2.75) is 25.3 Å². The van der Waals surface area contributed by atoms with Gasteiger partial charge in [0.1, 0.15) is 12.6 Å². The number of ether oxygens (including phenoxy) is 1. The van der Waals surface area contributed by atoms with Crippen LogP contribution in [0.2, 0.25) is 0 Å².